The molecule has 12 heavy (non-hydrogen) atoms. The van der Waals surface area contributed by atoms with Gasteiger partial charge in [0.2, 0.25) is 0 Å². The van der Waals surface area contributed by atoms with Crippen LogP contribution < -0.4 is 18.9 Å². The van der Waals surface area contributed by atoms with E-state index in [9.17, 15) is 0 Å². The SMILES string of the molecule is [CH2-]CCCCCC/C=C/CC.[Li+]. The quantitative estimate of drug-likeness (QED) is 0.227. The second kappa shape index (κ2) is 13.9. The first-order valence-electron chi connectivity index (χ1n) is 4.86. The van der Waals surface area contributed by atoms with Crippen LogP contribution >= 0.6 is 0 Å². The van der Waals surface area contributed by atoms with E-state index in [0.717, 1.165) is 6.42 Å². The van der Waals surface area contributed by atoms with Gasteiger partial charge in [-0.25, -0.2) is 0 Å². The molecule has 1 heteroatoms. The maximum atomic E-state index is 3.82. The molecule has 0 aromatic carbocycles. The van der Waals surface area contributed by atoms with Crippen molar-refractivity contribution in [1.82, 2.24) is 0 Å². The Balaban J connectivity index is 0. The predicted octanol–water partition coefficient (Wildman–Crippen LogP) is 1.13. The predicted molar refractivity (Wildman–Crippen MR) is 52.5 cm³/mol. The molecule has 0 saturated heterocycles. The number of rotatable bonds is 7. The van der Waals surface area contributed by atoms with Crippen LogP contribution in [0.5, 0.6) is 0 Å². The van der Waals surface area contributed by atoms with Crippen LogP contribution in [0.1, 0.15) is 51.9 Å². The Kier molecular flexibility index (Phi) is 17.2. The minimum Gasteiger partial charge on any atom is -0.343 e. The molecule has 0 rings (SSSR count). The molecule has 0 atom stereocenters. The van der Waals surface area contributed by atoms with Gasteiger partial charge in [-0.15, -0.1) is 0 Å². The summed E-state index contributed by atoms with van der Waals surface area (Å²) >= 11 is 0. The Bertz CT molecular complexity index is 87.0. The fourth-order valence-electron chi connectivity index (χ4n) is 1.08. The van der Waals surface area contributed by atoms with Gasteiger partial charge in [-0.2, -0.15) is 6.42 Å². The average Bonchev–Trinajstić information content (AvgIpc) is 2.03. The van der Waals surface area contributed by atoms with Crippen molar-refractivity contribution >= 4 is 0 Å². The monoisotopic (exact) mass is 160 g/mol. The molecule has 0 unspecified atom stereocenters. The zero-order chi connectivity index (χ0) is 8.36. The topological polar surface area (TPSA) is 0 Å². The molecule has 0 aromatic heterocycles. The van der Waals surface area contributed by atoms with Gasteiger partial charge in [-0.3, -0.25) is 0 Å². The Morgan fingerprint density at radius 1 is 1.00 bits per heavy atom. The smallest absolute Gasteiger partial charge is 0.343 e. The first-order chi connectivity index (χ1) is 5.41. The van der Waals surface area contributed by atoms with Crippen molar-refractivity contribution in [1.29, 1.82) is 0 Å². The summed E-state index contributed by atoms with van der Waals surface area (Å²) in [5.74, 6) is 0. The molecular formula is C11H21Li. The van der Waals surface area contributed by atoms with E-state index in [2.05, 4.69) is 26.0 Å². The fraction of sp³-hybridized carbons (Fsp3) is 0.727. The Labute approximate surface area is 90.0 Å². The second-order valence-corrected chi connectivity index (χ2v) is 2.94. The summed E-state index contributed by atoms with van der Waals surface area (Å²) in [6.07, 6.45) is 13.5. The van der Waals surface area contributed by atoms with Crippen molar-refractivity contribution in [3.8, 4) is 0 Å². The number of allylic oxidation sites excluding steroid dienone is 2. The first kappa shape index (κ1) is 14.8. The molecule has 0 aromatic rings. The van der Waals surface area contributed by atoms with Crippen LogP contribution in [0.25, 0.3) is 0 Å². The zero-order valence-electron chi connectivity index (χ0n) is 8.81. The summed E-state index contributed by atoms with van der Waals surface area (Å²) in [6.45, 7) is 6.00. The van der Waals surface area contributed by atoms with Crippen LogP contribution in [-0.2, 0) is 0 Å². The third kappa shape index (κ3) is 13.0. The Morgan fingerprint density at radius 2 is 1.67 bits per heavy atom. The fourth-order valence-corrected chi connectivity index (χ4v) is 1.08. The molecule has 0 saturated carbocycles. The molecule has 0 aliphatic heterocycles. The molecule has 0 radical (unpaired) electrons. The van der Waals surface area contributed by atoms with Gasteiger partial charge < -0.3 is 6.92 Å². The van der Waals surface area contributed by atoms with E-state index >= 15 is 0 Å². The summed E-state index contributed by atoms with van der Waals surface area (Å²) < 4.78 is 0. The van der Waals surface area contributed by atoms with Crippen molar-refractivity contribution < 1.29 is 18.9 Å². The molecule has 0 aliphatic rings. The van der Waals surface area contributed by atoms with E-state index < -0.39 is 0 Å². The molecule has 0 aliphatic carbocycles. The minimum atomic E-state index is 0. The number of hydrogen-bond acceptors (Lipinski definition) is 0. The molecule has 66 valence electrons. The number of hydrogen-bond donors (Lipinski definition) is 0. The molecule has 0 fully saturated rings. The van der Waals surface area contributed by atoms with Crippen LogP contribution in [0.2, 0.25) is 0 Å². The van der Waals surface area contributed by atoms with Gasteiger partial charge in [-0.05, 0) is 19.3 Å². The van der Waals surface area contributed by atoms with Crippen LogP contribution in [0.15, 0.2) is 12.2 Å². The van der Waals surface area contributed by atoms with Gasteiger partial charge >= 0.3 is 18.9 Å². The Morgan fingerprint density at radius 3 is 2.25 bits per heavy atom. The molecule has 0 bridgehead atoms. The van der Waals surface area contributed by atoms with Crippen LogP contribution in [0, 0.1) is 6.92 Å². The van der Waals surface area contributed by atoms with E-state index in [1.807, 2.05) is 0 Å². The van der Waals surface area contributed by atoms with Crippen LogP contribution in [0.3, 0.4) is 0 Å². The first-order valence-corrected chi connectivity index (χ1v) is 4.86. The molecule has 0 spiro atoms. The van der Waals surface area contributed by atoms with Gasteiger partial charge in [0.25, 0.3) is 0 Å². The van der Waals surface area contributed by atoms with Gasteiger partial charge in [0.1, 0.15) is 0 Å². The molecule has 0 heterocycles. The Hall–Kier alpha value is 0.337. The van der Waals surface area contributed by atoms with Gasteiger partial charge in [0, 0.05) is 0 Å². The van der Waals surface area contributed by atoms with E-state index in [-0.39, 0.29) is 18.9 Å². The van der Waals surface area contributed by atoms with E-state index in [0.29, 0.717) is 0 Å². The molecule has 0 N–H and O–H groups in total. The zero-order valence-corrected chi connectivity index (χ0v) is 8.81. The van der Waals surface area contributed by atoms with Gasteiger partial charge in [-0.1, -0.05) is 38.3 Å². The van der Waals surface area contributed by atoms with Crippen molar-refractivity contribution in [2.75, 3.05) is 0 Å². The largest absolute Gasteiger partial charge is 1.00 e. The minimum absolute atomic E-state index is 0. The second-order valence-electron chi connectivity index (χ2n) is 2.94. The van der Waals surface area contributed by atoms with Crippen molar-refractivity contribution in [3.63, 3.8) is 0 Å². The van der Waals surface area contributed by atoms with Gasteiger partial charge in [0.15, 0.2) is 0 Å². The molecule has 0 nitrogen and oxygen atoms in total. The van der Waals surface area contributed by atoms with Crippen LogP contribution in [-0.4, -0.2) is 0 Å². The number of unbranched alkanes of at least 4 members (excludes halogenated alkanes) is 5. The van der Waals surface area contributed by atoms with Crippen molar-refractivity contribution in [2.24, 2.45) is 0 Å². The third-order valence-corrected chi connectivity index (χ3v) is 1.77. The van der Waals surface area contributed by atoms with Crippen LogP contribution in [0.4, 0.5) is 0 Å². The standard InChI is InChI=1S/C11H21.Li/c1-3-5-7-9-11-10-8-6-4-2;/h6,8H,1,3-5,7,9-11H2,2H3;/q-1;+1/b8-6+;. The normalized spacial score (nSPS) is 10.2. The summed E-state index contributed by atoms with van der Waals surface area (Å²) in [7, 11) is 0. The summed E-state index contributed by atoms with van der Waals surface area (Å²) in [5, 5.41) is 0. The van der Waals surface area contributed by atoms with Crippen molar-refractivity contribution in [3.05, 3.63) is 19.1 Å². The average molecular weight is 160 g/mol. The summed E-state index contributed by atoms with van der Waals surface area (Å²) in [6, 6.07) is 0. The third-order valence-electron chi connectivity index (χ3n) is 1.77. The maximum absolute atomic E-state index is 3.82. The summed E-state index contributed by atoms with van der Waals surface area (Å²) in [5.41, 5.74) is 0. The molecule has 0 amide bonds. The van der Waals surface area contributed by atoms with E-state index in [4.69, 9.17) is 0 Å². The van der Waals surface area contributed by atoms with E-state index in [1.165, 1.54) is 38.5 Å². The van der Waals surface area contributed by atoms with Crippen molar-refractivity contribution in [2.45, 2.75) is 51.9 Å². The van der Waals surface area contributed by atoms with E-state index in [1.54, 1.807) is 0 Å². The molecular weight excluding hydrogens is 139 g/mol. The van der Waals surface area contributed by atoms with Gasteiger partial charge in [0.05, 0.1) is 0 Å². The maximum Gasteiger partial charge on any atom is 1.00 e. The summed E-state index contributed by atoms with van der Waals surface area (Å²) in [4.78, 5) is 0.